The number of hydrogen-bond donors (Lipinski definition) is 1. The lowest BCUT2D eigenvalue weighted by Gasteiger charge is -2.05. The number of alkyl halides is 3. The fourth-order valence-corrected chi connectivity index (χ4v) is 1.34. The first-order valence-corrected chi connectivity index (χ1v) is 5.63. The van der Waals surface area contributed by atoms with Gasteiger partial charge in [0.1, 0.15) is 12.3 Å². The zero-order valence-corrected chi connectivity index (χ0v) is 10.2. The molecule has 6 nitrogen and oxygen atoms in total. The molecule has 0 radical (unpaired) electrons. The zero-order chi connectivity index (χ0) is 14.6. The zero-order valence-electron chi connectivity index (χ0n) is 10.2. The number of ether oxygens (including phenoxy) is 1. The predicted molar refractivity (Wildman–Crippen MR) is 62.5 cm³/mol. The smallest absolute Gasteiger partial charge is 0.397 e. The number of pyridine rings is 1. The largest absolute Gasteiger partial charge is 0.411 e. The summed E-state index contributed by atoms with van der Waals surface area (Å²) < 4.78 is 44.9. The SMILES string of the molecule is Nc1ccc(-c2nc(CCOCC(F)(F)F)no2)nc1. The molecule has 0 aromatic carbocycles. The Bertz CT molecular complexity index is 554. The maximum absolute atomic E-state index is 11.8. The first kappa shape index (κ1) is 14.3. The Labute approximate surface area is 111 Å². The van der Waals surface area contributed by atoms with Crippen molar-refractivity contribution in [2.45, 2.75) is 12.6 Å². The summed E-state index contributed by atoms with van der Waals surface area (Å²) in [4.78, 5) is 7.99. The minimum absolute atomic E-state index is 0.120. The summed E-state index contributed by atoms with van der Waals surface area (Å²) in [6, 6.07) is 3.23. The number of nitrogens with two attached hydrogens (primary N) is 1. The van der Waals surface area contributed by atoms with Crippen molar-refractivity contribution < 1.29 is 22.4 Å². The van der Waals surface area contributed by atoms with Crippen LogP contribution in [0.25, 0.3) is 11.6 Å². The highest BCUT2D eigenvalue weighted by molar-refractivity contribution is 5.50. The molecule has 0 atom stereocenters. The van der Waals surface area contributed by atoms with Crippen molar-refractivity contribution in [2.24, 2.45) is 0 Å². The molecule has 0 aliphatic carbocycles. The van der Waals surface area contributed by atoms with Crippen molar-refractivity contribution in [1.82, 2.24) is 15.1 Å². The van der Waals surface area contributed by atoms with E-state index in [0.717, 1.165) is 0 Å². The highest BCUT2D eigenvalue weighted by Crippen LogP contribution is 2.16. The Morgan fingerprint density at radius 2 is 2.10 bits per heavy atom. The van der Waals surface area contributed by atoms with E-state index >= 15 is 0 Å². The molecular formula is C11H11F3N4O2. The van der Waals surface area contributed by atoms with E-state index in [1.54, 1.807) is 12.1 Å². The molecule has 0 aliphatic rings. The highest BCUT2D eigenvalue weighted by Gasteiger charge is 2.27. The van der Waals surface area contributed by atoms with Crippen LogP contribution in [0.2, 0.25) is 0 Å². The Morgan fingerprint density at radius 3 is 2.75 bits per heavy atom. The molecule has 0 unspecified atom stereocenters. The first-order chi connectivity index (χ1) is 9.44. The van der Waals surface area contributed by atoms with Crippen LogP contribution in [0.1, 0.15) is 5.82 Å². The molecule has 0 amide bonds. The molecule has 2 aromatic heterocycles. The van der Waals surface area contributed by atoms with Gasteiger partial charge in [0.15, 0.2) is 5.82 Å². The Kier molecular flexibility index (Phi) is 4.18. The maximum atomic E-state index is 11.8. The van der Waals surface area contributed by atoms with E-state index in [2.05, 4.69) is 19.9 Å². The van der Waals surface area contributed by atoms with Crippen LogP contribution in [-0.2, 0) is 11.2 Å². The fraction of sp³-hybridized carbons (Fsp3) is 0.364. The lowest BCUT2D eigenvalue weighted by atomic mass is 10.3. The van der Waals surface area contributed by atoms with Crippen LogP contribution in [0.5, 0.6) is 0 Å². The van der Waals surface area contributed by atoms with E-state index in [1.807, 2.05) is 0 Å². The number of nitrogen functional groups attached to an aromatic ring is 1. The normalized spacial score (nSPS) is 11.8. The van der Waals surface area contributed by atoms with Gasteiger partial charge in [-0.3, -0.25) is 0 Å². The van der Waals surface area contributed by atoms with Crippen LogP contribution in [-0.4, -0.2) is 34.5 Å². The van der Waals surface area contributed by atoms with E-state index in [-0.39, 0.29) is 24.7 Å². The standard InChI is InChI=1S/C11H11F3N4O2/c12-11(13,14)6-19-4-3-9-17-10(20-18-9)8-2-1-7(15)5-16-8/h1-2,5H,3-4,6,15H2. The van der Waals surface area contributed by atoms with Crippen LogP contribution < -0.4 is 5.73 Å². The average Bonchev–Trinajstić information content (AvgIpc) is 2.83. The van der Waals surface area contributed by atoms with Crippen molar-refractivity contribution in [2.75, 3.05) is 18.9 Å². The van der Waals surface area contributed by atoms with E-state index < -0.39 is 12.8 Å². The van der Waals surface area contributed by atoms with Crippen molar-refractivity contribution in [3.63, 3.8) is 0 Å². The van der Waals surface area contributed by atoms with Gasteiger partial charge in [-0.1, -0.05) is 5.16 Å². The molecule has 108 valence electrons. The topological polar surface area (TPSA) is 87.1 Å². The van der Waals surface area contributed by atoms with Crippen molar-refractivity contribution in [3.8, 4) is 11.6 Å². The molecule has 0 aliphatic heterocycles. The summed E-state index contributed by atoms with van der Waals surface area (Å²) in [7, 11) is 0. The van der Waals surface area contributed by atoms with Gasteiger partial charge in [0, 0.05) is 6.42 Å². The molecule has 0 spiro atoms. The van der Waals surface area contributed by atoms with E-state index in [0.29, 0.717) is 11.4 Å². The van der Waals surface area contributed by atoms with Crippen LogP contribution in [0, 0.1) is 0 Å². The van der Waals surface area contributed by atoms with Gasteiger partial charge in [0.05, 0.1) is 18.5 Å². The van der Waals surface area contributed by atoms with Gasteiger partial charge in [-0.25, -0.2) is 4.98 Å². The third-order valence-electron chi connectivity index (χ3n) is 2.21. The van der Waals surface area contributed by atoms with Gasteiger partial charge < -0.3 is 15.0 Å². The summed E-state index contributed by atoms with van der Waals surface area (Å²) in [5.41, 5.74) is 6.42. The summed E-state index contributed by atoms with van der Waals surface area (Å²) in [5, 5.41) is 3.63. The van der Waals surface area contributed by atoms with Gasteiger partial charge in [-0.2, -0.15) is 18.2 Å². The summed E-state index contributed by atoms with van der Waals surface area (Å²) in [6.45, 7) is -1.44. The Morgan fingerprint density at radius 1 is 1.30 bits per heavy atom. The minimum atomic E-state index is -4.34. The van der Waals surface area contributed by atoms with Crippen LogP contribution in [0.3, 0.4) is 0 Å². The number of aromatic nitrogens is 3. The summed E-state index contributed by atoms with van der Waals surface area (Å²) in [6.07, 6.45) is -2.78. The monoisotopic (exact) mass is 288 g/mol. The Balaban J connectivity index is 1.88. The van der Waals surface area contributed by atoms with E-state index in [9.17, 15) is 13.2 Å². The maximum Gasteiger partial charge on any atom is 0.411 e. The molecule has 2 N–H and O–H groups in total. The second kappa shape index (κ2) is 5.87. The molecule has 20 heavy (non-hydrogen) atoms. The molecule has 0 bridgehead atoms. The molecule has 2 rings (SSSR count). The van der Waals surface area contributed by atoms with Gasteiger partial charge in [-0.05, 0) is 12.1 Å². The number of anilines is 1. The van der Waals surface area contributed by atoms with Crippen molar-refractivity contribution in [3.05, 3.63) is 24.2 Å². The van der Waals surface area contributed by atoms with E-state index in [1.165, 1.54) is 6.20 Å². The molecule has 2 heterocycles. The third kappa shape index (κ3) is 4.19. The van der Waals surface area contributed by atoms with Crippen LogP contribution in [0.4, 0.5) is 18.9 Å². The predicted octanol–water partition coefficient (Wildman–Crippen LogP) is 1.84. The molecule has 0 saturated carbocycles. The number of rotatable bonds is 5. The minimum Gasteiger partial charge on any atom is -0.397 e. The molecule has 2 aromatic rings. The second-order valence-corrected chi connectivity index (χ2v) is 3.91. The average molecular weight is 288 g/mol. The van der Waals surface area contributed by atoms with E-state index in [4.69, 9.17) is 10.3 Å². The number of halogens is 3. The number of hydrogen-bond acceptors (Lipinski definition) is 6. The van der Waals surface area contributed by atoms with Crippen molar-refractivity contribution in [1.29, 1.82) is 0 Å². The molecule has 0 fully saturated rings. The second-order valence-electron chi connectivity index (χ2n) is 3.91. The Hall–Kier alpha value is -2.16. The van der Waals surface area contributed by atoms with Crippen molar-refractivity contribution >= 4 is 5.69 Å². The van der Waals surface area contributed by atoms with Crippen LogP contribution in [0.15, 0.2) is 22.9 Å². The molecule has 0 saturated heterocycles. The number of nitrogens with zero attached hydrogens (tertiary/aromatic N) is 3. The third-order valence-corrected chi connectivity index (χ3v) is 2.21. The molecular weight excluding hydrogens is 277 g/mol. The lowest BCUT2D eigenvalue weighted by Crippen LogP contribution is -2.18. The molecule has 9 heteroatoms. The van der Waals surface area contributed by atoms with Gasteiger partial charge in [0.25, 0.3) is 5.89 Å². The summed E-state index contributed by atoms with van der Waals surface area (Å²) >= 11 is 0. The van der Waals surface area contributed by atoms with Gasteiger partial charge in [-0.15, -0.1) is 0 Å². The van der Waals surface area contributed by atoms with Gasteiger partial charge >= 0.3 is 6.18 Å². The van der Waals surface area contributed by atoms with Gasteiger partial charge in [0.2, 0.25) is 0 Å². The first-order valence-electron chi connectivity index (χ1n) is 5.63. The quantitative estimate of drug-likeness (QED) is 0.845. The highest BCUT2D eigenvalue weighted by atomic mass is 19.4. The summed E-state index contributed by atoms with van der Waals surface area (Å²) in [5.74, 6) is 0.427. The fourth-order valence-electron chi connectivity index (χ4n) is 1.34. The lowest BCUT2D eigenvalue weighted by molar-refractivity contribution is -0.173. The van der Waals surface area contributed by atoms with Crippen LogP contribution >= 0.6 is 0 Å².